The van der Waals surface area contributed by atoms with E-state index in [9.17, 15) is 10.2 Å². The SMILES string of the molecule is Oc1ccc(O)c2c1[C@H]1O[C@H]1CC21Oc2cccc3cccc(c23)O1. The molecule has 0 bridgehead atoms. The van der Waals surface area contributed by atoms with E-state index in [4.69, 9.17) is 14.2 Å². The lowest BCUT2D eigenvalue weighted by atomic mass is 9.84. The van der Waals surface area contributed by atoms with E-state index in [0.29, 0.717) is 29.0 Å². The molecular formula is C20H14O5. The van der Waals surface area contributed by atoms with Gasteiger partial charge in [0, 0.05) is 5.56 Å². The highest BCUT2D eigenvalue weighted by Gasteiger charge is 2.60. The molecule has 0 radical (unpaired) electrons. The van der Waals surface area contributed by atoms with Gasteiger partial charge in [-0.25, -0.2) is 0 Å². The Morgan fingerprint density at radius 2 is 1.56 bits per heavy atom. The Morgan fingerprint density at radius 1 is 0.880 bits per heavy atom. The smallest absolute Gasteiger partial charge is 0.284 e. The summed E-state index contributed by atoms with van der Waals surface area (Å²) in [5, 5.41) is 22.8. The molecule has 6 rings (SSSR count). The first kappa shape index (κ1) is 13.4. The number of fused-ring (bicyclic) bond motifs is 4. The van der Waals surface area contributed by atoms with Crippen LogP contribution in [0.25, 0.3) is 10.8 Å². The van der Waals surface area contributed by atoms with Gasteiger partial charge in [0.1, 0.15) is 29.1 Å². The molecule has 5 nitrogen and oxygen atoms in total. The zero-order valence-electron chi connectivity index (χ0n) is 13.1. The standard InChI is InChI=1S/C20H14O5/c21-11-7-8-12(22)18-17(11)19-15(23-19)9-20(18)24-13-5-1-3-10-4-2-6-14(25-20)16(10)13/h1-8,15,19,21-22H,9H2/t15-,19-/m0/s1. The van der Waals surface area contributed by atoms with Crippen molar-refractivity contribution in [1.29, 1.82) is 0 Å². The molecule has 2 atom stereocenters. The highest BCUT2D eigenvalue weighted by molar-refractivity contribution is 5.94. The van der Waals surface area contributed by atoms with E-state index in [-0.39, 0.29) is 23.7 Å². The first-order chi connectivity index (χ1) is 12.2. The topological polar surface area (TPSA) is 71.5 Å². The van der Waals surface area contributed by atoms with E-state index in [0.717, 1.165) is 10.8 Å². The van der Waals surface area contributed by atoms with Crippen molar-refractivity contribution >= 4 is 10.8 Å². The van der Waals surface area contributed by atoms with Gasteiger partial charge in [0.25, 0.3) is 5.79 Å². The Bertz CT molecular complexity index is 1020. The second-order valence-corrected chi connectivity index (χ2v) is 6.76. The van der Waals surface area contributed by atoms with Crippen LogP contribution in [0.5, 0.6) is 23.0 Å². The number of rotatable bonds is 0. The van der Waals surface area contributed by atoms with E-state index in [1.165, 1.54) is 12.1 Å². The van der Waals surface area contributed by atoms with E-state index in [1.807, 2.05) is 36.4 Å². The van der Waals surface area contributed by atoms with Crippen molar-refractivity contribution in [2.24, 2.45) is 0 Å². The Hall–Kier alpha value is -2.92. The molecule has 0 unspecified atom stereocenters. The quantitative estimate of drug-likeness (QED) is 0.484. The van der Waals surface area contributed by atoms with E-state index in [1.54, 1.807) is 0 Å². The minimum absolute atomic E-state index is 0.0355. The van der Waals surface area contributed by atoms with Gasteiger partial charge in [0.15, 0.2) is 0 Å². The maximum absolute atomic E-state index is 10.5. The predicted molar refractivity (Wildman–Crippen MR) is 88.9 cm³/mol. The maximum atomic E-state index is 10.5. The van der Waals surface area contributed by atoms with Crippen LogP contribution in [0, 0.1) is 0 Å². The first-order valence-electron chi connectivity index (χ1n) is 8.27. The molecule has 5 heteroatoms. The number of phenols is 2. The van der Waals surface area contributed by atoms with Gasteiger partial charge in [0.2, 0.25) is 0 Å². The Labute approximate surface area is 143 Å². The van der Waals surface area contributed by atoms with Crippen LogP contribution in [0.4, 0.5) is 0 Å². The minimum Gasteiger partial charge on any atom is -0.508 e. The Balaban J connectivity index is 1.63. The van der Waals surface area contributed by atoms with Crippen LogP contribution in [-0.4, -0.2) is 16.3 Å². The lowest BCUT2D eigenvalue weighted by molar-refractivity contribution is -0.139. The van der Waals surface area contributed by atoms with Crippen molar-refractivity contribution in [3.8, 4) is 23.0 Å². The molecule has 1 aliphatic carbocycles. The third kappa shape index (κ3) is 1.61. The van der Waals surface area contributed by atoms with Crippen molar-refractivity contribution in [3.63, 3.8) is 0 Å². The molecule has 2 aliphatic heterocycles. The van der Waals surface area contributed by atoms with Crippen molar-refractivity contribution < 1.29 is 24.4 Å². The summed E-state index contributed by atoms with van der Waals surface area (Å²) in [6.07, 6.45) is 0.143. The van der Waals surface area contributed by atoms with Crippen molar-refractivity contribution in [2.75, 3.05) is 0 Å². The first-order valence-corrected chi connectivity index (χ1v) is 8.27. The second-order valence-electron chi connectivity index (χ2n) is 6.76. The number of benzene rings is 3. The number of epoxide rings is 1. The Kier molecular flexibility index (Phi) is 2.24. The molecule has 2 heterocycles. The monoisotopic (exact) mass is 334 g/mol. The van der Waals surface area contributed by atoms with E-state index >= 15 is 0 Å². The summed E-state index contributed by atoms with van der Waals surface area (Å²) < 4.78 is 18.3. The summed E-state index contributed by atoms with van der Waals surface area (Å²) in [6, 6.07) is 14.6. The zero-order valence-corrected chi connectivity index (χ0v) is 13.1. The third-order valence-electron chi connectivity index (χ3n) is 5.30. The summed E-state index contributed by atoms with van der Waals surface area (Å²) in [7, 11) is 0. The van der Waals surface area contributed by atoms with Crippen LogP contribution in [0.2, 0.25) is 0 Å². The molecule has 1 spiro atoms. The molecule has 0 amide bonds. The summed E-state index contributed by atoms with van der Waals surface area (Å²) in [5.74, 6) is 0.314. The summed E-state index contributed by atoms with van der Waals surface area (Å²) >= 11 is 0. The molecular weight excluding hydrogens is 320 g/mol. The molecule has 1 fully saturated rings. The minimum atomic E-state index is -1.21. The van der Waals surface area contributed by atoms with Gasteiger partial charge < -0.3 is 24.4 Å². The molecule has 0 aromatic heterocycles. The van der Waals surface area contributed by atoms with Gasteiger partial charge in [-0.05, 0) is 29.7 Å². The van der Waals surface area contributed by atoms with Gasteiger partial charge in [0.05, 0.1) is 23.5 Å². The lowest BCUT2D eigenvalue weighted by Crippen LogP contribution is -2.45. The zero-order chi connectivity index (χ0) is 16.8. The normalized spacial score (nSPS) is 24.2. The fraction of sp³-hybridized carbons (Fsp3) is 0.200. The van der Waals surface area contributed by atoms with Crippen LogP contribution in [0.15, 0.2) is 48.5 Å². The molecule has 3 aromatic carbocycles. The number of aromatic hydroxyl groups is 2. The average Bonchev–Trinajstić information content (AvgIpc) is 3.36. The molecule has 124 valence electrons. The van der Waals surface area contributed by atoms with Crippen molar-refractivity contribution in [3.05, 3.63) is 59.7 Å². The van der Waals surface area contributed by atoms with Crippen molar-refractivity contribution in [2.45, 2.75) is 24.4 Å². The van der Waals surface area contributed by atoms with Crippen LogP contribution < -0.4 is 9.47 Å². The predicted octanol–water partition coefficient (Wildman–Crippen LogP) is 3.72. The maximum Gasteiger partial charge on any atom is 0.284 e. The largest absolute Gasteiger partial charge is 0.508 e. The fourth-order valence-corrected chi connectivity index (χ4v) is 4.21. The molecule has 2 N–H and O–H groups in total. The third-order valence-corrected chi connectivity index (χ3v) is 5.30. The molecule has 25 heavy (non-hydrogen) atoms. The van der Waals surface area contributed by atoms with Gasteiger partial charge >= 0.3 is 0 Å². The summed E-state index contributed by atoms with van der Waals surface area (Å²) in [5.41, 5.74) is 1.01. The lowest BCUT2D eigenvalue weighted by Gasteiger charge is -2.41. The van der Waals surface area contributed by atoms with E-state index in [2.05, 4.69) is 0 Å². The molecule has 1 saturated heterocycles. The van der Waals surface area contributed by atoms with Crippen molar-refractivity contribution in [1.82, 2.24) is 0 Å². The van der Waals surface area contributed by atoms with Crippen LogP contribution in [-0.2, 0) is 10.5 Å². The summed E-state index contributed by atoms with van der Waals surface area (Å²) in [4.78, 5) is 0. The van der Waals surface area contributed by atoms with Gasteiger partial charge in [-0.3, -0.25) is 0 Å². The van der Waals surface area contributed by atoms with Gasteiger partial charge in [-0.15, -0.1) is 0 Å². The molecule has 3 aromatic rings. The molecule has 0 saturated carbocycles. The van der Waals surface area contributed by atoms with E-state index < -0.39 is 5.79 Å². The highest BCUT2D eigenvalue weighted by atomic mass is 16.7. The van der Waals surface area contributed by atoms with Gasteiger partial charge in [-0.2, -0.15) is 0 Å². The van der Waals surface area contributed by atoms with Crippen LogP contribution in [0.1, 0.15) is 23.7 Å². The summed E-state index contributed by atoms with van der Waals surface area (Å²) in [6.45, 7) is 0. The molecule has 3 aliphatic rings. The average molecular weight is 334 g/mol. The number of hydrogen-bond acceptors (Lipinski definition) is 5. The van der Waals surface area contributed by atoms with Crippen LogP contribution >= 0.6 is 0 Å². The highest BCUT2D eigenvalue weighted by Crippen LogP contribution is 2.60. The number of ether oxygens (including phenoxy) is 3. The van der Waals surface area contributed by atoms with Crippen LogP contribution in [0.3, 0.4) is 0 Å². The van der Waals surface area contributed by atoms with Gasteiger partial charge in [-0.1, -0.05) is 24.3 Å². The second kappa shape index (κ2) is 4.18. The number of hydrogen-bond donors (Lipinski definition) is 2. The Morgan fingerprint density at radius 3 is 2.28 bits per heavy atom. The number of phenolic OH excluding ortho intramolecular Hbond substituents is 2. The fourth-order valence-electron chi connectivity index (χ4n) is 4.21.